The molecule has 2 aliphatic rings. The Kier molecular flexibility index (Phi) is 6.11. The highest BCUT2D eigenvalue weighted by molar-refractivity contribution is 5.95. The van der Waals surface area contributed by atoms with E-state index in [1.165, 1.54) is 11.1 Å². The molecule has 0 spiro atoms. The van der Waals surface area contributed by atoms with Gasteiger partial charge in [-0.1, -0.05) is 24.3 Å². The zero-order chi connectivity index (χ0) is 20.2. The standard InChI is InChI=1S/C23H29N3O3/c1-16-13-20(18-7-4-9-24-14-18)29-23(28)21(16)22(27)25-10-12-26-11-8-17-5-2-3-6-19(17)15-26/h2-3,5-6,13,18,24H,4,7-12,14-15H2,1H3,(H,25,27). The molecule has 29 heavy (non-hydrogen) atoms. The van der Waals surface area contributed by atoms with E-state index in [1.807, 2.05) is 13.0 Å². The van der Waals surface area contributed by atoms with Crippen molar-refractivity contribution >= 4 is 5.91 Å². The van der Waals surface area contributed by atoms with E-state index in [-0.39, 0.29) is 17.4 Å². The highest BCUT2D eigenvalue weighted by Gasteiger charge is 2.22. The van der Waals surface area contributed by atoms with Crippen LogP contribution in [0.4, 0.5) is 0 Å². The summed E-state index contributed by atoms with van der Waals surface area (Å²) in [5.41, 5.74) is 3.05. The number of rotatable bonds is 5. The van der Waals surface area contributed by atoms with Gasteiger partial charge < -0.3 is 15.1 Å². The second-order valence-electron chi connectivity index (χ2n) is 8.09. The summed E-state index contributed by atoms with van der Waals surface area (Å²) in [4.78, 5) is 27.4. The van der Waals surface area contributed by atoms with E-state index in [0.29, 0.717) is 17.9 Å². The van der Waals surface area contributed by atoms with Gasteiger partial charge in [0.15, 0.2) is 0 Å². The SMILES string of the molecule is Cc1cc(C2CCCNC2)oc(=O)c1C(=O)NCCN1CCc2ccccc2C1. The predicted molar refractivity (Wildman–Crippen MR) is 112 cm³/mol. The van der Waals surface area contributed by atoms with Crippen LogP contribution in [0.1, 0.15) is 51.6 Å². The zero-order valence-corrected chi connectivity index (χ0v) is 17.0. The molecular formula is C23H29N3O3. The molecule has 4 rings (SSSR count). The number of piperidine rings is 1. The van der Waals surface area contributed by atoms with Gasteiger partial charge in [-0.3, -0.25) is 9.69 Å². The lowest BCUT2D eigenvalue weighted by Crippen LogP contribution is -2.39. The van der Waals surface area contributed by atoms with Gasteiger partial charge in [-0.2, -0.15) is 0 Å². The van der Waals surface area contributed by atoms with Crippen LogP contribution in [0, 0.1) is 6.92 Å². The van der Waals surface area contributed by atoms with Gasteiger partial charge in [-0.05, 0) is 55.5 Å². The van der Waals surface area contributed by atoms with Crippen LogP contribution in [-0.4, -0.2) is 43.5 Å². The molecule has 6 nitrogen and oxygen atoms in total. The summed E-state index contributed by atoms with van der Waals surface area (Å²) < 4.78 is 5.52. The molecule has 6 heteroatoms. The van der Waals surface area contributed by atoms with Crippen molar-refractivity contribution < 1.29 is 9.21 Å². The average molecular weight is 396 g/mol. The summed E-state index contributed by atoms with van der Waals surface area (Å²) in [6, 6.07) is 10.4. The molecule has 2 N–H and O–H groups in total. The Labute approximate surface area is 171 Å². The molecule has 1 atom stereocenters. The van der Waals surface area contributed by atoms with Crippen LogP contribution in [0.5, 0.6) is 0 Å². The molecule has 0 aliphatic carbocycles. The minimum Gasteiger partial charge on any atom is -0.427 e. The molecule has 2 aliphatic heterocycles. The Morgan fingerprint density at radius 2 is 2.14 bits per heavy atom. The van der Waals surface area contributed by atoms with Crippen LogP contribution in [0.15, 0.2) is 39.5 Å². The molecule has 3 heterocycles. The van der Waals surface area contributed by atoms with Gasteiger partial charge in [0.05, 0.1) is 0 Å². The van der Waals surface area contributed by atoms with Gasteiger partial charge in [-0.15, -0.1) is 0 Å². The number of hydrogen-bond acceptors (Lipinski definition) is 5. The summed E-state index contributed by atoms with van der Waals surface area (Å²) >= 11 is 0. The molecule has 1 saturated heterocycles. The Bertz CT molecular complexity index is 931. The van der Waals surface area contributed by atoms with E-state index in [9.17, 15) is 9.59 Å². The minimum absolute atomic E-state index is 0.126. The fourth-order valence-electron chi connectivity index (χ4n) is 4.36. The Balaban J connectivity index is 1.34. The van der Waals surface area contributed by atoms with Crippen LogP contribution in [-0.2, 0) is 13.0 Å². The van der Waals surface area contributed by atoms with Crippen molar-refractivity contribution in [1.82, 2.24) is 15.5 Å². The third-order valence-corrected chi connectivity index (χ3v) is 6.02. The number of nitrogens with zero attached hydrogens (tertiary/aromatic N) is 1. The van der Waals surface area contributed by atoms with Crippen LogP contribution in [0.3, 0.4) is 0 Å². The molecule has 0 bridgehead atoms. The van der Waals surface area contributed by atoms with Crippen molar-refractivity contribution in [1.29, 1.82) is 0 Å². The normalized spacial score (nSPS) is 19.6. The van der Waals surface area contributed by atoms with E-state index in [0.717, 1.165) is 52.0 Å². The minimum atomic E-state index is -0.532. The molecule has 154 valence electrons. The lowest BCUT2D eigenvalue weighted by molar-refractivity contribution is 0.0942. The van der Waals surface area contributed by atoms with E-state index in [2.05, 4.69) is 39.8 Å². The van der Waals surface area contributed by atoms with Crippen LogP contribution < -0.4 is 16.3 Å². The third-order valence-electron chi connectivity index (χ3n) is 6.02. The number of nitrogens with one attached hydrogen (secondary N) is 2. The highest BCUT2D eigenvalue weighted by Crippen LogP contribution is 2.23. The van der Waals surface area contributed by atoms with Crippen LogP contribution in [0.25, 0.3) is 0 Å². The maximum atomic E-state index is 12.6. The average Bonchev–Trinajstić information content (AvgIpc) is 2.74. The van der Waals surface area contributed by atoms with Crippen molar-refractivity contribution in [3.63, 3.8) is 0 Å². The highest BCUT2D eigenvalue weighted by atomic mass is 16.4. The van der Waals surface area contributed by atoms with Crippen LogP contribution in [0.2, 0.25) is 0 Å². The number of carbonyl (C=O) groups excluding carboxylic acids is 1. The Morgan fingerprint density at radius 1 is 1.31 bits per heavy atom. The first-order valence-corrected chi connectivity index (χ1v) is 10.5. The maximum absolute atomic E-state index is 12.6. The maximum Gasteiger partial charge on any atom is 0.349 e. The van der Waals surface area contributed by atoms with Crippen molar-refractivity contribution in [3.05, 3.63) is 68.8 Å². The van der Waals surface area contributed by atoms with Crippen molar-refractivity contribution in [2.75, 3.05) is 32.7 Å². The van der Waals surface area contributed by atoms with Crippen molar-refractivity contribution in [2.24, 2.45) is 0 Å². The Hall–Kier alpha value is -2.44. The number of carbonyl (C=O) groups is 1. The van der Waals surface area contributed by atoms with E-state index < -0.39 is 5.63 Å². The first-order valence-electron chi connectivity index (χ1n) is 10.5. The lowest BCUT2D eigenvalue weighted by atomic mass is 9.95. The largest absolute Gasteiger partial charge is 0.427 e. The van der Waals surface area contributed by atoms with Gasteiger partial charge in [0, 0.05) is 38.6 Å². The van der Waals surface area contributed by atoms with Crippen molar-refractivity contribution in [3.8, 4) is 0 Å². The smallest absolute Gasteiger partial charge is 0.349 e. The molecule has 1 aromatic carbocycles. The first-order chi connectivity index (χ1) is 14.1. The summed E-state index contributed by atoms with van der Waals surface area (Å²) in [5.74, 6) is 0.541. The van der Waals surface area contributed by atoms with E-state index in [1.54, 1.807) is 0 Å². The molecule has 1 amide bonds. The van der Waals surface area contributed by atoms with Gasteiger partial charge >= 0.3 is 5.63 Å². The molecule has 1 fully saturated rings. The molecule has 1 unspecified atom stereocenters. The van der Waals surface area contributed by atoms with Gasteiger partial charge in [0.2, 0.25) is 0 Å². The molecule has 0 saturated carbocycles. The van der Waals surface area contributed by atoms with E-state index >= 15 is 0 Å². The first kappa shape index (κ1) is 19.9. The van der Waals surface area contributed by atoms with Crippen LogP contribution >= 0.6 is 0 Å². The quantitative estimate of drug-likeness (QED) is 0.812. The molecular weight excluding hydrogens is 366 g/mol. The zero-order valence-electron chi connectivity index (χ0n) is 17.0. The topological polar surface area (TPSA) is 74.6 Å². The lowest BCUT2D eigenvalue weighted by Gasteiger charge is -2.28. The summed E-state index contributed by atoms with van der Waals surface area (Å²) in [6.45, 7) is 6.78. The fraction of sp³-hybridized carbons (Fsp3) is 0.478. The number of fused-ring (bicyclic) bond motifs is 1. The number of benzene rings is 1. The summed E-state index contributed by atoms with van der Waals surface area (Å²) in [5, 5.41) is 6.23. The molecule has 0 radical (unpaired) electrons. The predicted octanol–water partition coefficient (Wildman–Crippen LogP) is 2.20. The van der Waals surface area contributed by atoms with E-state index in [4.69, 9.17) is 4.42 Å². The monoisotopic (exact) mass is 395 g/mol. The number of aryl methyl sites for hydroxylation is 1. The fourth-order valence-corrected chi connectivity index (χ4v) is 4.36. The Morgan fingerprint density at radius 3 is 2.90 bits per heavy atom. The second-order valence-corrected chi connectivity index (χ2v) is 8.09. The van der Waals surface area contributed by atoms with Gasteiger partial charge in [-0.25, -0.2) is 4.79 Å². The summed E-state index contributed by atoms with van der Waals surface area (Å²) in [7, 11) is 0. The second kappa shape index (κ2) is 8.93. The number of amides is 1. The number of hydrogen-bond donors (Lipinski definition) is 2. The van der Waals surface area contributed by atoms with Crippen molar-refractivity contribution in [2.45, 2.75) is 38.6 Å². The molecule has 2 aromatic rings. The molecule has 1 aromatic heterocycles. The third kappa shape index (κ3) is 4.60. The van der Waals surface area contributed by atoms with Gasteiger partial charge in [0.25, 0.3) is 5.91 Å². The summed E-state index contributed by atoms with van der Waals surface area (Å²) in [6.07, 6.45) is 3.10. The van der Waals surface area contributed by atoms with Gasteiger partial charge in [0.1, 0.15) is 11.3 Å².